The highest BCUT2D eigenvalue weighted by atomic mass is 19.1. The number of carbonyl (C=O) groups is 1. The van der Waals surface area contributed by atoms with Crippen LogP contribution < -0.4 is 5.32 Å². The second-order valence-corrected chi connectivity index (χ2v) is 4.22. The Morgan fingerprint density at radius 3 is 2.75 bits per heavy atom. The summed E-state index contributed by atoms with van der Waals surface area (Å²) in [4.78, 5) is 15.3. The summed E-state index contributed by atoms with van der Waals surface area (Å²) < 4.78 is 17.4. The minimum Gasteiger partial charge on any atom is -0.464 e. The first-order chi connectivity index (χ1) is 9.69. The van der Waals surface area contributed by atoms with Gasteiger partial charge in [0.15, 0.2) is 0 Å². The van der Waals surface area contributed by atoms with Crippen LogP contribution in [0.1, 0.15) is 16.1 Å². The fraction of sp³-hybridized carbons (Fsp3) is 0.200. The number of pyridine rings is 1. The van der Waals surface area contributed by atoms with Crippen molar-refractivity contribution in [3.63, 3.8) is 0 Å². The molecule has 0 amide bonds. The van der Waals surface area contributed by atoms with Crippen LogP contribution in [0.3, 0.4) is 0 Å². The van der Waals surface area contributed by atoms with Gasteiger partial charge >= 0.3 is 5.97 Å². The van der Waals surface area contributed by atoms with Gasteiger partial charge in [0.2, 0.25) is 0 Å². The monoisotopic (exact) mass is 274 g/mol. The van der Waals surface area contributed by atoms with Crippen LogP contribution in [-0.4, -0.2) is 24.6 Å². The molecule has 0 spiro atoms. The Balaban J connectivity index is 1.91. The van der Waals surface area contributed by atoms with Crippen molar-refractivity contribution in [3.8, 4) is 0 Å². The Labute approximate surface area is 116 Å². The highest BCUT2D eigenvalue weighted by Gasteiger charge is 2.07. The second kappa shape index (κ2) is 6.65. The standard InChI is InChI=1S/C15H15FN2O2/c1-20-15(19)14-10-13(7-9-18-14)17-8-6-11-2-4-12(16)5-3-11/h2-5,7,9-10H,6,8H2,1H3,(H,17,18). The first kappa shape index (κ1) is 14.0. The fourth-order valence-corrected chi connectivity index (χ4v) is 1.76. The second-order valence-electron chi connectivity index (χ2n) is 4.22. The minimum absolute atomic E-state index is 0.237. The van der Waals surface area contributed by atoms with Crippen molar-refractivity contribution in [1.82, 2.24) is 4.98 Å². The molecular formula is C15H15FN2O2. The smallest absolute Gasteiger partial charge is 0.356 e. The van der Waals surface area contributed by atoms with Gasteiger partial charge in [-0.15, -0.1) is 0 Å². The molecule has 0 aliphatic heterocycles. The van der Waals surface area contributed by atoms with Gasteiger partial charge in [0.05, 0.1) is 7.11 Å². The predicted octanol–water partition coefficient (Wildman–Crippen LogP) is 2.66. The number of ether oxygens (including phenoxy) is 1. The zero-order valence-corrected chi connectivity index (χ0v) is 11.1. The number of hydrogen-bond donors (Lipinski definition) is 1. The number of halogens is 1. The Morgan fingerprint density at radius 1 is 1.30 bits per heavy atom. The van der Waals surface area contributed by atoms with Gasteiger partial charge in [-0.05, 0) is 36.2 Å². The van der Waals surface area contributed by atoms with Crippen molar-refractivity contribution in [2.24, 2.45) is 0 Å². The number of esters is 1. The molecule has 4 nitrogen and oxygen atoms in total. The third-order valence-corrected chi connectivity index (χ3v) is 2.81. The summed E-state index contributed by atoms with van der Waals surface area (Å²) in [5, 5.41) is 3.19. The largest absolute Gasteiger partial charge is 0.464 e. The molecule has 0 saturated carbocycles. The third-order valence-electron chi connectivity index (χ3n) is 2.81. The summed E-state index contributed by atoms with van der Waals surface area (Å²) in [5.41, 5.74) is 2.10. The molecule has 0 saturated heterocycles. The maximum absolute atomic E-state index is 12.8. The number of aromatic nitrogens is 1. The SMILES string of the molecule is COC(=O)c1cc(NCCc2ccc(F)cc2)ccn1. The van der Waals surface area contributed by atoms with Gasteiger partial charge in [0.1, 0.15) is 11.5 Å². The van der Waals surface area contributed by atoms with Gasteiger partial charge < -0.3 is 10.1 Å². The summed E-state index contributed by atoms with van der Waals surface area (Å²) >= 11 is 0. The summed E-state index contributed by atoms with van der Waals surface area (Å²) in [5.74, 6) is -0.703. The van der Waals surface area contributed by atoms with Crippen LogP contribution in [0.25, 0.3) is 0 Å². The summed E-state index contributed by atoms with van der Waals surface area (Å²) in [6.07, 6.45) is 2.31. The zero-order valence-electron chi connectivity index (χ0n) is 11.1. The van der Waals surface area contributed by atoms with Crippen LogP contribution in [0.5, 0.6) is 0 Å². The summed E-state index contributed by atoms with van der Waals surface area (Å²) in [6, 6.07) is 9.80. The lowest BCUT2D eigenvalue weighted by Gasteiger charge is -2.07. The van der Waals surface area contributed by atoms with Crippen molar-refractivity contribution in [3.05, 3.63) is 59.7 Å². The highest BCUT2D eigenvalue weighted by molar-refractivity contribution is 5.88. The molecule has 2 aromatic rings. The molecule has 0 unspecified atom stereocenters. The Bertz CT molecular complexity index is 585. The van der Waals surface area contributed by atoms with Crippen molar-refractivity contribution < 1.29 is 13.9 Å². The van der Waals surface area contributed by atoms with E-state index in [-0.39, 0.29) is 11.5 Å². The lowest BCUT2D eigenvalue weighted by Crippen LogP contribution is -2.08. The molecule has 5 heteroatoms. The van der Waals surface area contributed by atoms with E-state index in [0.717, 1.165) is 17.7 Å². The Morgan fingerprint density at radius 2 is 2.05 bits per heavy atom. The molecule has 104 valence electrons. The van der Waals surface area contributed by atoms with E-state index < -0.39 is 5.97 Å². The first-order valence-electron chi connectivity index (χ1n) is 6.22. The molecule has 20 heavy (non-hydrogen) atoms. The van der Waals surface area contributed by atoms with E-state index in [4.69, 9.17) is 0 Å². The van der Waals surface area contributed by atoms with Gasteiger partial charge in [-0.2, -0.15) is 0 Å². The topological polar surface area (TPSA) is 51.2 Å². The Hall–Kier alpha value is -2.43. The van der Waals surface area contributed by atoms with E-state index in [1.54, 1.807) is 30.5 Å². The number of nitrogens with zero attached hydrogens (tertiary/aromatic N) is 1. The molecule has 0 bridgehead atoms. The highest BCUT2D eigenvalue weighted by Crippen LogP contribution is 2.10. The van der Waals surface area contributed by atoms with Crippen LogP contribution in [0.15, 0.2) is 42.6 Å². The van der Waals surface area contributed by atoms with Crippen molar-refractivity contribution in [2.75, 3.05) is 19.0 Å². The molecule has 1 aromatic heterocycles. The average Bonchev–Trinajstić information content (AvgIpc) is 2.49. The van der Waals surface area contributed by atoms with Gasteiger partial charge in [-0.25, -0.2) is 14.2 Å². The van der Waals surface area contributed by atoms with Crippen molar-refractivity contribution in [2.45, 2.75) is 6.42 Å². The zero-order chi connectivity index (χ0) is 14.4. The Kier molecular flexibility index (Phi) is 4.65. The quantitative estimate of drug-likeness (QED) is 0.852. The normalized spacial score (nSPS) is 10.1. The molecule has 1 aromatic carbocycles. The van der Waals surface area contributed by atoms with Gasteiger partial charge in [0.25, 0.3) is 0 Å². The van der Waals surface area contributed by atoms with Crippen LogP contribution in [0.4, 0.5) is 10.1 Å². The summed E-state index contributed by atoms with van der Waals surface area (Å²) in [7, 11) is 1.32. The van der Waals surface area contributed by atoms with E-state index >= 15 is 0 Å². The van der Waals surface area contributed by atoms with Gasteiger partial charge in [-0.3, -0.25) is 0 Å². The maximum Gasteiger partial charge on any atom is 0.356 e. The van der Waals surface area contributed by atoms with Crippen LogP contribution >= 0.6 is 0 Å². The molecule has 1 N–H and O–H groups in total. The number of hydrogen-bond acceptors (Lipinski definition) is 4. The van der Waals surface area contributed by atoms with Crippen LogP contribution in [0, 0.1) is 5.82 Å². The first-order valence-corrected chi connectivity index (χ1v) is 6.22. The molecule has 0 radical (unpaired) electrons. The number of carbonyl (C=O) groups excluding carboxylic acids is 1. The van der Waals surface area contributed by atoms with Crippen LogP contribution in [0.2, 0.25) is 0 Å². The predicted molar refractivity (Wildman–Crippen MR) is 74.2 cm³/mol. The van der Waals surface area contributed by atoms with Crippen molar-refractivity contribution >= 4 is 11.7 Å². The lowest BCUT2D eigenvalue weighted by atomic mass is 10.1. The fourth-order valence-electron chi connectivity index (χ4n) is 1.76. The number of methoxy groups -OCH3 is 1. The molecule has 0 atom stereocenters. The van der Waals surface area contributed by atoms with E-state index in [9.17, 15) is 9.18 Å². The molecular weight excluding hydrogens is 259 g/mol. The lowest BCUT2D eigenvalue weighted by molar-refractivity contribution is 0.0594. The number of benzene rings is 1. The maximum atomic E-state index is 12.8. The third kappa shape index (κ3) is 3.78. The number of nitrogens with one attached hydrogen (secondary N) is 1. The van der Waals surface area contributed by atoms with Gasteiger partial charge in [0, 0.05) is 18.4 Å². The summed E-state index contributed by atoms with van der Waals surface area (Å²) in [6.45, 7) is 0.677. The number of anilines is 1. The van der Waals surface area contributed by atoms with Crippen molar-refractivity contribution in [1.29, 1.82) is 0 Å². The average molecular weight is 274 g/mol. The molecule has 0 aliphatic rings. The van der Waals surface area contributed by atoms with E-state index in [1.807, 2.05) is 0 Å². The van der Waals surface area contributed by atoms with Crippen LogP contribution in [-0.2, 0) is 11.2 Å². The molecule has 2 rings (SSSR count). The van der Waals surface area contributed by atoms with E-state index in [2.05, 4.69) is 15.0 Å². The minimum atomic E-state index is -0.466. The molecule has 0 fully saturated rings. The van der Waals surface area contributed by atoms with E-state index in [0.29, 0.717) is 6.54 Å². The molecule has 0 aliphatic carbocycles. The molecule has 1 heterocycles. The van der Waals surface area contributed by atoms with E-state index in [1.165, 1.54) is 19.2 Å². The van der Waals surface area contributed by atoms with Gasteiger partial charge in [-0.1, -0.05) is 12.1 Å². The number of rotatable bonds is 5.